The highest BCUT2D eigenvalue weighted by atomic mass is 16.3. The Morgan fingerprint density at radius 2 is 1.81 bits per heavy atom. The van der Waals surface area contributed by atoms with E-state index < -0.39 is 0 Å². The maximum atomic E-state index is 9.30. The molecule has 0 saturated heterocycles. The van der Waals surface area contributed by atoms with E-state index in [1.807, 2.05) is 43.3 Å². The van der Waals surface area contributed by atoms with Crippen LogP contribution in [0.3, 0.4) is 0 Å². The maximum Gasteiger partial charge on any atom is 0.225 e. The van der Waals surface area contributed by atoms with Gasteiger partial charge in [0.05, 0.1) is 12.3 Å². The van der Waals surface area contributed by atoms with Crippen molar-refractivity contribution in [2.75, 3.05) is 17.2 Å². The molecule has 0 amide bonds. The van der Waals surface area contributed by atoms with Crippen LogP contribution in [-0.2, 0) is 6.54 Å². The Balaban J connectivity index is 1.86. The van der Waals surface area contributed by atoms with Crippen molar-refractivity contribution < 1.29 is 5.11 Å². The van der Waals surface area contributed by atoms with Crippen LogP contribution < -0.4 is 10.6 Å². The van der Waals surface area contributed by atoms with Gasteiger partial charge in [0.2, 0.25) is 5.95 Å². The van der Waals surface area contributed by atoms with Gasteiger partial charge < -0.3 is 15.7 Å². The van der Waals surface area contributed by atoms with E-state index in [2.05, 4.69) is 51.8 Å². The first-order valence-corrected chi connectivity index (χ1v) is 8.75. The molecule has 0 unspecified atom stereocenters. The minimum Gasteiger partial charge on any atom is -0.394 e. The van der Waals surface area contributed by atoms with Crippen LogP contribution in [0.2, 0.25) is 0 Å². The molecule has 3 aromatic rings. The third-order valence-corrected chi connectivity index (χ3v) is 4.00. The molecule has 0 spiro atoms. The molecule has 0 saturated carbocycles. The average Bonchev–Trinajstić information content (AvgIpc) is 2.67. The van der Waals surface area contributed by atoms with Crippen molar-refractivity contribution in [2.45, 2.75) is 26.4 Å². The van der Waals surface area contributed by atoms with Gasteiger partial charge in [-0.25, -0.2) is 4.98 Å². The SMILES string of the molecule is Cc1cccc(CNc2cc(-c3ccccc3)nc(N[C@@H](C)CO)n2)c1. The molecule has 134 valence electrons. The Hall–Kier alpha value is -2.92. The van der Waals surface area contributed by atoms with Crippen LogP contribution in [0.5, 0.6) is 0 Å². The van der Waals surface area contributed by atoms with Crippen LogP contribution in [0.1, 0.15) is 18.1 Å². The van der Waals surface area contributed by atoms with Crippen LogP contribution in [0, 0.1) is 6.92 Å². The van der Waals surface area contributed by atoms with Gasteiger partial charge in [-0.05, 0) is 19.4 Å². The van der Waals surface area contributed by atoms with Gasteiger partial charge in [0.25, 0.3) is 0 Å². The van der Waals surface area contributed by atoms with E-state index in [9.17, 15) is 5.11 Å². The Morgan fingerprint density at radius 1 is 1.00 bits per heavy atom. The summed E-state index contributed by atoms with van der Waals surface area (Å²) in [5.41, 5.74) is 4.28. The van der Waals surface area contributed by atoms with Gasteiger partial charge in [-0.1, -0.05) is 60.2 Å². The summed E-state index contributed by atoms with van der Waals surface area (Å²) < 4.78 is 0. The van der Waals surface area contributed by atoms with Crippen LogP contribution >= 0.6 is 0 Å². The Bertz CT molecular complexity index is 852. The van der Waals surface area contributed by atoms with Crippen LogP contribution in [0.25, 0.3) is 11.3 Å². The second kappa shape index (κ2) is 8.45. The molecule has 26 heavy (non-hydrogen) atoms. The lowest BCUT2D eigenvalue weighted by Gasteiger charge is -2.14. The molecule has 1 aromatic heterocycles. The summed E-state index contributed by atoms with van der Waals surface area (Å²) in [6, 6.07) is 20.2. The molecule has 3 N–H and O–H groups in total. The van der Waals surface area contributed by atoms with Crippen molar-refractivity contribution in [3.05, 3.63) is 71.8 Å². The van der Waals surface area contributed by atoms with Gasteiger partial charge in [0, 0.05) is 24.2 Å². The van der Waals surface area contributed by atoms with Crippen molar-refractivity contribution in [2.24, 2.45) is 0 Å². The summed E-state index contributed by atoms with van der Waals surface area (Å²) in [7, 11) is 0. The quantitative estimate of drug-likeness (QED) is 0.605. The molecule has 1 heterocycles. The summed E-state index contributed by atoms with van der Waals surface area (Å²) in [6.07, 6.45) is 0. The predicted octanol–water partition coefficient (Wildman–Crippen LogP) is 3.86. The summed E-state index contributed by atoms with van der Waals surface area (Å²) in [5, 5.41) is 15.8. The number of nitrogens with zero attached hydrogens (tertiary/aromatic N) is 2. The van der Waals surface area contributed by atoms with Crippen molar-refractivity contribution in [1.82, 2.24) is 9.97 Å². The van der Waals surface area contributed by atoms with E-state index in [0.29, 0.717) is 12.5 Å². The number of rotatable bonds is 7. The zero-order valence-electron chi connectivity index (χ0n) is 15.1. The highest BCUT2D eigenvalue weighted by Crippen LogP contribution is 2.22. The van der Waals surface area contributed by atoms with Crippen LogP contribution in [0.4, 0.5) is 11.8 Å². The van der Waals surface area contributed by atoms with Crippen molar-refractivity contribution in [1.29, 1.82) is 0 Å². The normalized spacial score (nSPS) is 11.8. The third-order valence-electron chi connectivity index (χ3n) is 4.00. The molecular weight excluding hydrogens is 324 g/mol. The topological polar surface area (TPSA) is 70.1 Å². The van der Waals surface area contributed by atoms with Crippen molar-refractivity contribution in [3.8, 4) is 11.3 Å². The average molecular weight is 348 g/mol. The lowest BCUT2D eigenvalue weighted by molar-refractivity contribution is 0.281. The van der Waals surface area contributed by atoms with Crippen molar-refractivity contribution >= 4 is 11.8 Å². The molecule has 1 atom stereocenters. The predicted molar refractivity (Wildman–Crippen MR) is 106 cm³/mol. The second-order valence-corrected chi connectivity index (χ2v) is 6.40. The summed E-state index contributed by atoms with van der Waals surface area (Å²) in [5.74, 6) is 1.24. The van der Waals surface area contributed by atoms with Gasteiger partial charge in [0.15, 0.2) is 0 Å². The Labute approximate surface area is 154 Å². The minimum absolute atomic E-state index is 0.0188. The highest BCUT2D eigenvalue weighted by Gasteiger charge is 2.09. The molecule has 0 radical (unpaired) electrons. The second-order valence-electron chi connectivity index (χ2n) is 6.40. The van der Waals surface area contributed by atoms with Crippen LogP contribution in [0.15, 0.2) is 60.7 Å². The van der Waals surface area contributed by atoms with E-state index in [1.165, 1.54) is 11.1 Å². The van der Waals surface area contributed by atoms with E-state index in [0.717, 1.165) is 17.1 Å². The number of hydrogen-bond acceptors (Lipinski definition) is 5. The number of aryl methyl sites for hydroxylation is 1. The fraction of sp³-hybridized carbons (Fsp3) is 0.238. The first-order chi connectivity index (χ1) is 12.6. The van der Waals surface area contributed by atoms with E-state index in [-0.39, 0.29) is 12.6 Å². The Kier molecular flexibility index (Phi) is 5.81. The highest BCUT2D eigenvalue weighted by molar-refractivity contribution is 5.64. The molecule has 0 aliphatic carbocycles. The molecular formula is C21H24N4O. The van der Waals surface area contributed by atoms with Crippen LogP contribution in [-0.4, -0.2) is 27.7 Å². The van der Waals surface area contributed by atoms with Gasteiger partial charge in [-0.2, -0.15) is 4.98 Å². The summed E-state index contributed by atoms with van der Waals surface area (Å²) >= 11 is 0. The lowest BCUT2D eigenvalue weighted by Crippen LogP contribution is -2.21. The molecule has 5 nitrogen and oxygen atoms in total. The fourth-order valence-electron chi connectivity index (χ4n) is 2.64. The largest absolute Gasteiger partial charge is 0.394 e. The summed E-state index contributed by atoms with van der Waals surface area (Å²) in [6.45, 7) is 4.67. The monoisotopic (exact) mass is 348 g/mol. The van der Waals surface area contributed by atoms with E-state index >= 15 is 0 Å². The fourth-order valence-corrected chi connectivity index (χ4v) is 2.64. The molecule has 2 aromatic carbocycles. The number of aromatic nitrogens is 2. The van der Waals surface area contributed by atoms with Gasteiger partial charge in [-0.3, -0.25) is 0 Å². The Morgan fingerprint density at radius 3 is 2.54 bits per heavy atom. The molecule has 3 rings (SSSR count). The zero-order valence-corrected chi connectivity index (χ0v) is 15.1. The first kappa shape index (κ1) is 17.9. The van der Waals surface area contributed by atoms with Gasteiger partial charge >= 0.3 is 0 Å². The molecule has 0 aliphatic heterocycles. The molecule has 0 aliphatic rings. The number of benzene rings is 2. The standard InChI is InChI=1S/C21H24N4O/c1-15-7-6-8-17(11-15)13-22-20-12-19(18-9-4-3-5-10-18)24-21(25-20)23-16(2)14-26/h3-12,16,26H,13-14H2,1-2H3,(H2,22,23,24,25)/t16-/m0/s1. The van der Waals surface area contributed by atoms with Gasteiger partial charge in [-0.15, -0.1) is 0 Å². The number of anilines is 2. The van der Waals surface area contributed by atoms with Crippen molar-refractivity contribution in [3.63, 3.8) is 0 Å². The smallest absolute Gasteiger partial charge is 0.225 e. The van der Waals surface area contributed by atoms with E-state index in [4.69, 9.17) is 0 Å². The molecule has 0 bridgehead atoms. The number of aliphatic hydroxyl groups excluding tert-OH is 1. The zero-order chi connectivity index (χ0) is 18.4. The van der Waals surface area contributed by atoms with Gasteiger partial charge in [0.1, 0.15) is 5.82 Å². The minimum atomic E-state index is -0.120. The number of hydrogen-bond donors (Lipinski definition) is 3. The number of nitrogens with one attached hydrogen (secondary N) is 2. The summed E-state index contributed by atoms with van der Waals surface area (Å²) in [4.78, 5) is 9.13. The lowest BCUT2D eigenvalue weighted by atomic mass is 10.1. The maximum absolute atomic E-state index is 9.30. The number of aliphatic hydroxyl groups is 1. The first-order valence-electron chi connectivity index (χ1n) is 8.75. The van der Waals surface area contributed by atoms with E-state index in [1.54, 1.807) is 0 Å². The molecule has 5 heteroatoms. The third kappa shape index (κ3) is 4.80. The molecule has 0 fully saturated rings.